The molecule has 0 saturated carbocycles. The van der Waals surface area contributed by atoms with Crippen LogP contribution in [0.2, 0.25) is 0 Å². The number of methoxy groups -OCH3 is 1. The standard InChI is InChI=1S/C18H32O5/c1-13(2)8-9-14(3)16(22-12-21-7)10-15(19)11-17(20)23-18(4,5)6/h8,14,16H,9-12H2,1-7H3/t14-,16+/m0/s1. The molecule has 5 nitrogen and oxygen atoms in total. The number of hydrogen-bond acceptors (Lipinski definition) is 5. The molecular weight excluding hydrogens is 296 g/mol. The maximum Gasteiger partial charge on any atom is 0.313 e. The first-order valence-electron chi connectivity index (χ1n) is 8.02. The van der Waals surface area contributed by atoms with Gasteiger partial charge in [-0.05, 0) is 47.0 Å². The van der Waals surface area contributed by atoms with E-state index in [1.807, 2.05) is 20.8 Å². The van der Waals surface area contributed by atoms with Crippen molar-refractivity contribution in [2.75, 3.05) is 13.9 Å². The van der Waals surface area contributed by atoms with Crippen LogP contribution in [0.1, 0.15) is 60.8 Å². The molecule has 0 radical (unpaired) electrons. The van der Waals surface area contributed by atoms with E-state index in [9.17, 15) is 9.59 Å². The number of hydrogen-bond donors (Lipinski definition) is 0. The second-order valence-corrected chi connectivity index (χ2v) is 7.11. The van der Waals surface area contributed by atoms with E-state index in [1.54, 1.807) is 27.9 Å². The lowest BCUT2D eigenvalue weighted by molar-refractivity contribution is -0.157. The van der Waals surface area contributed by atoms with Gasteiger partial charge in [0.15, 0.2) is 0 Å². The van der Waals surface area contributed by atoms with Gasteiger partial charge in [-0.25, -0.2) is 0 Å². The fourth-order valence-corrected chi connectivity index (χ4v) is 1.99. The molecule has 0 aromatic rings. The van der Waals surface area contributed by atoms with Crippen molar-refractivity contribution >= 4 is 11.8 Å². The van der Waals surface area contributed by atoms with E-state index in [4.69, 9.17) is 14.2 Å². The molecule has 23 heavy (non-hydrogen) atoms. The minimum atomic E-state index is -0.583. The molecule has 0 bridgehead atoms. The van der Waals surface area contributed by atoms with Gasteiger partial charge in [0, 0.05) is 13.5 Å². The highest BCUT2D eigenvalue weighted by Crippen LogP contribution is 2.19. The molecule has 0 rings (SSSR count). The summed E-state index contributed by atoms with van der Waals surface area (Å²) in [5.41, 5.74) is 0.641. The van der Waals surface area contributed by atoms with Crippen molar-refractivity contribution in [2.24, 2.45) is 5.92 Å². The number of Topliss-reactive ketones (excluding diaryl/α,β-unsaturated/α-hetero) is 1. The van der Waals surface area contributed by atoms with Crippen molar-refractivity contribution in [1.82, 2.24) is 0 Å². The van der Waals surface area contributed by atoms with Crippen molar-refractivity contribution in [3.63, 3.8) is 0 Å². The molecule has 0 saturated heterocycles. The van der Waals surface area contributed by atoms with Crippen molar-refractivity contribution in [3.8, 4) is 0 Å². The Kier molecular flexibility index (Phi) is 10.0. The van der Waals surface area contributed by atoms with Crippen LogP contribution in [0.15, 0.2) is 11.6 Å². The highest BCUT2D eigenvalue weighted by Gasteiger charge is 2.24. The average Bonchev–Trinajstić information content (AvgIpc) is 2.38. The fraction of sp³-hybridized carbons (Fsp3) is 0.778. The first kappa shape index (κ1) is 21.8. The monoisotopic (exact) mass is 328 g/mol. The van der Waals surface area contributed by atoms with E-state index >= 15 is 0 Å². The SMILES string of the molecule is COCO[C@H](CC(=O)CC(=O)OC(C)(C)C)[C@@H](C)CC=C(C)C. The Labute approximate surface area is 140 Å². The molecule has 0 amide bonds. The largest absolute Gasteiger partial charge is 0.460 e. The van der Waals surface area contributed by atoms with E-state index in [2.05, 4.69) is 6.08 Å². The number of esters is 1. The predicted molar refractivity (Wildman–Crippen MR) is 90.0 cm³/mol. The molecule has 0 heterocycles. The number of allylic oxidation sites excluding steroid dienone is 2. The third-order valence-electron chi connectivity index (χ3n) is 3.12. The summed E-state index contributed by atoms with van der Waals surface area (Å²) in [4.78, 5) is 23.8. The summed E-state index contributed by atoms with van der Waals surface area (Å²) in [6, 6.07) is 0. The Morgan fingerprint density at radius 1 is 1.17 bits per heavy atom. The average molecular weight is 328 g/mol. The molecular formula is C18H32O5. The molecule has 5 heteroatoms. The summed E-state index contributed by atoms with van der Waals surface area (Å²) < 4.78 is 15.7. The second kappa shape index (κ2) is 10.6. The zero-order valence-electron chi connectivity index (χ0n) is 15.6. The Morgan fingerprint density at radius 2 is 1.78 bits per heavy atom. The Hall–Kier alpha value is -1.20. The number of carbonyl (C=O) groups is 2. The molecule has 0 aromatic heterocycles. The lowest BCUT2D eigenvalue weighted by atomic mass is 9.95. The highest BCUT2D eigenvalue weighted by atomic mass is 16.7. The maximum atomic E-state index is 12.1. The van der Waals surface area contributed by atoms with E-state index in [1.165, 1.54) is 5.57 Å². The van der Waals surface area contributed by atoms with Gasteiger partial charge in [0.05, 0.1) is 6.10 Å². The summed E-state index contributed by atoms with van der Waals surface area (Å²) >= 11 is 0. The first-order chi connectivity index (χ1) is 10.5. The summed E-state index contributed by atoms with van der Waals surface area (Å²) in [5.74, 6) is -0.517. The minimum absolute atomic E-state index is 0.129. The number of ether oxygens (including phenoxy) is 3. The van der Waals surface area contributed by atoms with Gasteiger partial charge >= 0.3 is 5.97 Å². The van der Waals surface area contributed by atoms with E-state index < -0.39 is 11.6 Å². The predicted octanol–water partition coefficient (Wildman–Crippen LogP) is 3.66. The number of ketones is 1. The van der Waals surface area contributed by atoms with E-state index in [0.717, 1.165) is 6.42 Å². The van der Waals surface area contributed by atoms with E-state index in [0.29, 0.717) is 0 Å². The van der Waals surface area contributed by atoms with Gasteiger partial charge in [-0.1, -0.05) is 18.6 Å². The summed E-state index contributed by atoms with van der Waals surface area (Å²) in [5, 5.41) is 0. The van der Waals surface area contributed by atoms with Crippen LogP contribution in [0.25, 0.3) is 0 Å². The van der Waals surface area contributed by atoms with Gasteiger partial charge in [-0.3, -0.25) is 9.59 Å². The Morgan fingerprint density at radius 3 is 2.26 bits per heavy atom. The zero-order chi connectivity index (χ0) is 18.0. The Bertz CT molecular complexity index is 402. The molecule has 134 valence electrons. The van der Waals surface area contributed by atoms with E-state index in [-0.39, 0.29) is 37.4 Å². The van der Waals surface area contributed by atoms with Crippen LogP contribution >= 0.6 is 0 Å². The van der Waals surface area contributed by atoms with Crippen LogP contribution in [-0.4, -0.2) is 37.4 Å². The topological polar surface area (TPSA) is 61.8 Å². The molecule has 0 aromatic carbocycles. The third kappa shape index (κ3) is 12.0. The number of rotatable bonds is 10. The van der Waals surface area contributed by atoms with Gasteiger partial charge in [0.25, 0.3) is 0 Å². The van der Waals surface area contributed by atoms with Gasteiger partial charge in [0.1, 0.15) is 24.6 Å². The van der Waals surface area contributed by atoms with Crippen LogP contribution < -0.4 is 0 Å². The number of carbonyl (C=O) groups excluding carboxylic acids is 2. The van der Waals surface area contributed by atoms with Crippen LogP contribution in [0.5, 0.6) is 0 Å². The molecule has 2 atom stereocenters. The molecule has 0 aliphatic heterocycles. The van der Waals surface area contributed by atoms with Gasteiger partial charge in [-0.15, -0.1) is 0 Å². The Balaban J connectivity index is 4.59. The highest BCUT2D eigenvalue weighted by molar-refractivity contribution is 5.95. The van der Waals surface area contributed by atoms with Crippen LogP contribution in [-0.2, 0) is 23.8 Å². The molecule has 0 fully saturated rings. The van der Waals surface area contributed by atoms with Crippen LogP contribution in [0.4, 0.5) is 0 Å². The van der Waals surface area contributed by atoms with Crippen molar-refractivity contribution in [2.45, 2.75) is 72.5 Å². The maximum absolute atomic E-state index is 12.1. The summed E-state index contributed by atoms with van der Waals surface area (Å²) in [6.45, 7) is 11.6. The second-order valence-electron chi connectivity index (χ2n) is 7.11. The van der Waals surface area contributed by atoms with Crippen LogP contribution in [0.3, 0.4) is 0 Å². The van der Waals surface area contributed by atoms with Crippen molar-refractivity contribution in [3.05, 3.63) is 11.6 Å². The molecule has 0 aliphatic carbocycles. The summed E-state index contributed by atoms with van der Waals surface area (Å²) in [7, 11) is 1.54. The normalized spacial score (nSPS) is 14.0. The summed E-state index contributed by atoms with van der Waals surface area (Å²) in [6.07, 6.45) is 2.61. The fourth-order valence-electron chi connectivity index (χ4n) is 1.99. The molecule has 0 unspecified atom stereocenters. The molecule has 0 N–H and O–H groups in total. The first-order valence-corrected chi connectivity index (χ1v) is 8.02. The molecule has 0 aliphatic rings. The van der Waals surface area contributed by atoms with Crippen molar-refractivity contribution in [1.29, 1.82) is 0 Å². The minimum Gasteiger partial charge on any atom is -0.460 e. The molecule has 0 spiro atoms. The zero-order valence-corrected chi connectivity index (χ0v) is 15.6. The van der Waals surface area contributed by atoms with Gasteiger partial charge in [0.2, 0.25) is 0 Å². The van der Waals surface area contributed by atoms with Crippen LogP contribution in [0, 0.1) is 5.92 Å². The van der Waals surface area contributed by atoms with Gasteiger partial charge in [-0.2, -0.15) is 0 Å². The smallest absolute Gasteiger partial charge is 0.313 e. The quantitative estimate of drug-likeness (QED) is 0.265. The lowest BCUT2D eigenvalue weighted by Crippen LogP contribution is -2.29. The third-order valence-corrected chi connectivity index (χ3v) is 3.12. The van der Waals surface area contributed by atoms with Gasteiger partial charge < -0.3 is 14.2 Å². The van der Waals surface area contributed by atoms with Crippen molar-refractivity contribution < 1.29 is 23.8 Å². The lowest BCUT2D eigenvalue weighted by Gasteiger charge is -2.23.